The highest BCUT2D eigenvalue weighted by Gasteiger charge is 2.44. The zero-order valence-corrected chi connectivity index (χ0v) is 19.8. The fourth-order valence-corrected chi connectivity index (χ4v) is 5.57. The SMILES string of the molecule is CC(C)CN1C(=O)c2ccccc2C(C(=O)NCCCN2CCOCC2)C1c1cccs1. The Bertz CT molecular complexity index is 909. The van der Waals surface area contributed by atoms with Crippen molar-refractivity contribution in [1.82, 2.24) is 15.1 Å². The van der Waals surface area contributed by atoms with E-state index in [1.165, 1.54) is 0 Å². The van der Waals surface area contributed by atoms with Crippen LogP contribution in [0.4, 0.5) is 0 Å². The minimum atomic E-state index is -0.412. The second kappa shape index (κ2) is 10.6. The minimum Gasteiger partial charge on any atom is -0.379 e. The van der Waals surface area contributed by atoms with Gasteiger partial charge in [0.2, 0.25) is 5.91 Å². The van der Waals surface area contributed by atoms with Gasteiger partial charge in [-0.15, -0.1) is 11.3 Å². The van der Waals surface area contributed by atoms with Crippen LogP contribution in [0, 0.1) is 5.92 Å². The predicted molar refractivity (Wildman–Crippen MR) is 127 cm³/mol. The van der Waals surface area contributed by atoms with E-state index in [2.05, 4.69) is 24.1 Å². The predicted octanol–water partition coefficient (Wildman–Crippen LogP) is 3.52. The molecule has 6 nitrogen and oxygen atoms in total. The molecular formula is C25H33N3O3S. The van der Waals surface area contributed by atoms with Gasteiger partial charge in [-0.25, -0.2) is 0 Å². The molecule has 1 saturated heterocycles. The molecule has 0 aliphatic carbocycles. The van der Waals surface area contributed by atoms with Crippen LogP contribution in [0.25, 0.3) is 0 Å². The number of nitrogens with one attached hydrogen (secondary N) is 1. The third kappa shape index (κ3) is 5.05. The lowest BCUT2D eigenvalue weighted by Crippen LogP contribution is -2.48. The smallest absolute Gasteiger partial charge is 0.254 e. The molecule has 2 unspecified atom stereocenters. The molecule has 3 heterocycles. The van der Waals surface area contributed by atoms with Gasteiger partial charge in [0.25, 0.3) is 5.91 Å². The summed E-state index contributed by atoms with van der Waals surface area (Å²) in [5, 5.41) is 5.20. The van der Waals surface area contributed by atoms with Crippen LogP contribution in [-0.4, -0.2) is 67.6 Å². The van der Waals surface area contributed by atoms with E-state index in [1.54, 1.807) is 11.3 Å². The lowest BCUT2D eigenvalue weighted by Gasteiger charge is -2.42. The number of rotatable bonds is 8. The summed E-state index contributed by atoms with van der Waals surface area (Å²) in [6.07, 6.45) is 0.901. The molecule has 1 aromatic heterocycles. The zero-order chi connectivity index (χ0) is 22.5. The molecule has 4 rings (SSSR count). The van der Waals surface area contributed by atoms with Crippen molar-refractivity contribution < 1.29 is 14.3 Å². The summed E-state index contributed by atoms with van der Waals surface area (Å²) >= 11 is 1.61. The van der Waals surface area contributed by atoms with Crippen LogP contribution in [0.2, 0.25) is 0 Å². The Morgan fingerprint density at radius 2 is 1.97 bits per heavy atom. The number of benzene rings is 1. The van der Waals surface area contributed by atoms with Crippen molar-refractivity contribution >= 4 is 23.2 Å². The highest BCUT2D eigenvalue weighted by atomic mass is 32.1. The number of fused-ring (bicyclic) bond motifs is 1. The van der Waals surface area contributed by atoms with Crippen LogP contribution >= 0.6 is 11.3 Å². The van der Waals surface area contributed by atoms with Gasteiger partial charge in [-0.05, 0) is 42.0 Å². The lowest BCUT2D eigenvalue weighted by molar-refractivity contribution is -0.124. The summed E-state index contributed by atoms with van der Waals surface area (Å²) in [7, 11) is 0. The Kier molecular flexibility index (Phi) is 7.60. The quantitative estimate of drug-likeness (QED) is 0.619. The topological polar surface area (TPSA) is 61.9 Å². The molecule has 2 amide bonds. The van der Waals surface area contributed by atoms with Crippen molar-refractivity contribution in [2.45, 2.75) is 32.2 Å². The van der Waals surface area contributed by atoms with Crippen molar-refractivity contribution in [2.24, 2.45) is 5.92 Å². The molecule has 1 aromatic carbocycles. The Morgan fingerprint density at radius 1 is 1.19 bits per heavy atom. The second-order valence-corrected chi connectivity index (χ2v) is 9.95. The highest BCUT2D eigenvalue weighted by Crippen LogP contribution is 2.44. The zero-order valence-electron chi connectivity index (χ0n) is 19.0. The average Bonchev–Trinajstić information content (AvgIpc) is 3.33. The summed E-state index contributed by atoms with van der Waals surface area (Å²) in [4.78, 5) is 32.4. The van der Waals surface area contributed by atoms with Crippen LogP contribution in [0.5, 0.6) is 0 Å². The molecule has 2 aliphatic rings. The number of ether oxygens (including phenoxy) is 1. The Balaban J connectivity index is 1.55. The van der Waals surface area contributed by atoms with Gasteiger partial charge >= 0.3 is 0 Å². The average molecular weight is 456 g/mol. The first-order chi connectivity index (χ1) is 15.6. The first-order valence-corrected chi connectivity index (χ1v) is 12.5. The Hall–Kier alpha value is -2.22. The molecule has 1 N–H and O–H groups in total. The van der Waals surface area contributed by atoms with E-state index >= 15 is 0 Å². The van der Waals surface area contributed by atoms with Gasteiger partial charge in [-0.2, -0.15) is 0 Å². The van der Waals surface area contributed by atoms with E-state index in [9.17, 15) is 9.59 Å². The first kappa shape index (κ1) is 23.0. The number of morpholine rings is 1. The number of amides is 2. The fraction of sp³-hybridized carbons (Fsp3) is 0.520. The molecule has 1 fully saturated rings. The van der Waals surface area contributed by atoms with E-state index < -0.39 is 5.92 Å². The largest absolute Gasteiger partial charge is 0.379 e. The number of carbonyl (C=O) groups is 2. The van der Waals surface area contributed by atoms with E-state index in [-0.39, 0.29) is 17.9 Å². The summed E-state index contributed by atoms with van der Waals surface area (Å²) in [6, 6.07) is 11.4. The van der Waals surface area contributed by atoms with Crippen LogP contribution in [0.1, 0.15) is 53.0 Å². The lowest BCUT2D eigenvalue weighted by atomic mass is 9.81. The highest BCUT2D eigenvalue weighted by molar-refractivity contribution is 7.10. The molecule has 172 valence electrons. The normalized spacial score (nSPS) is 21.6. The monoisotopic (exact) mass is 455 g/mol. The van der Waals surface area contributed by atoms with Gasteiger partial charge in [0, 0.05) is 36.6 Å². The molecular weight excluding hydrogens is 422 g/mol. The van der Waals surface area contributed by atoms with E-state index in [1.807, 2.05) is 46.7 Å². The van der Waals surface area contributed by atoms with E-state index in [0.29, 0.717) is 24.6 Å². The molecule has 0 spiro atoms. The maximum Gasteiger partial charge on any atom is 0.254 e. The summed E-state index contributed by atoms with van der Waals surface area (Å²) in [5.41, 5.74) is 1.48. The van der Waals surface area contributed by atoms with Gasteiger partial charge in [0.05, 0.1) is 25.2 Å². The van der Waals surface area contributed by atoms with Gasteiger partial charge in [0.1, 0.15) is 0 Å². The summed E-state index contributed by atoms with van der Waals surface area (Å²) in [6.45, 7) is 9.91. The van der Waals surface area contributed by atoms with E-state index in [4.69, 9.17) is 4.74 Å². The molecule has 7 heteroatoms. The van der Waals surface area contributed by atoms with E-state index in [0.717, 1.165) is 49.7 Å². The third-order valence-corrected chi connectivity index (χ3v) is 7.11. The van der Waals surface area contributed by atoms with Crippen LogP contribution in [-0.2, 0) is 9.53 Å². The maximum atomic E-state index is 13.6. The molecule has 2 aliphatic heterocycles. The standard InChI is InChI=1S/C25H33N3O3S/c1-18(2)17-28-23(21-9-5-16-32-21)22(19-7-3-4-8-20(19)25(28)30)24(29)26-10-6-11-27-12-14-31-15-13-27/h3-5,7-9,16,18,22-23H,6,10-15,17H2,1-2H3,(H,26,29). The second-order valence-electron chi connectivity index (χ2n) is 8.98. The third-order valence-electron chi connectivity index (χ3n) is 6.17. The number of carbonyl (C=O) groups excluding carboxylic acids is 2. The molecule has 2 atom stereocenters. The van der Waals surface area contributed by atoms with Crippen LogP contribution in [0.15, 0.2) is 41.8 Å². The Morgan fingerprint density at radius 3 is 2.69 bits per heavy atom. The number of nitrogens with zero attached hydrogens (tertiary/aromatic N) is 2. The van der Waals surface area contributed by atoms with Gasteiger partial charge in [0.15, 0.2) is 0 Å². The van der Waals surface area contributed by atoms with Crippen molar-refractivity contribution in [2.75, 3.05) is 45.9 Å². The van der Waals surface area contributed by atoms with Crippen molar-refractivity contribution in [3.63, 3.8) is 0 Å². The van der Waals surface area contributed by atoms with Crippen molar-refractivity contribution in [1.29, 1.82) is 0 Å². The Labute approximate surface area is 194 Å². The van der Waals surface area contributed by atoms with Crippen LogP contribution in [0.3, 0.4) is 0 Å². The molecule has 2 aromatic rings. The van der Waals surface area contributed by atoms with Gasteiger partial charge in [-0.1, -0.05) is 38.1 Å². The molecule has 0 radical (unpaired) electrons. The van der Waals surface area contributed by atoms with Gasteiger partial charge in [-0.3, -0.25) is 14.5 Å². The minimum absolute atomic E-state index is 0.000849. The first-order valence-electron chi connectivity index (χ1n) is 11.6. The number of thiophene rings is 1. The van der Waals surface area contributed by atoms with Crippen LogP contribution < -0.4 is 5.32 Å². The molecule has 0 bridgehead atoms. The maximum absolute atomic E-state index is 13.6. The summed E-state index contributed by atoms with van der Waals surface area (Å²) < 4.78 is 5.41. The fourth-order valence-electron chi connectivity index (χ4n) is 4.69. The molecule has 32 heavy (non-hydrogen) atoms. The number of hydrogen-bond donors (Lipinski definition) is 1. The molecule has 0 saturated carbocycles. The van der Waals surface area contributed by atoms with Crippen molar-refractivity contribution in [3.05, 3.63) is 57.8 Å². The summed E-state index contributed by atoms with van der Waals surface area (Å²) in [5.74, 6) is -0.0863. The van der Waals surface area contributed by atoms with Gasteiger partial charge < -0.3 is 15.0 Å². The number of hydrogen-bond acceptors (Lipinski definition) is 5. The van der Waals surface area contributed by atoms with Crippen molar-refractivity contribution in [3.8, 4) is 0 Å².